The Morgan fingerprint density at radius 3 is 1.20 bits per heavy atom. The molecule has 4 N–H and O–H groups in total. The van der Waals surface area contributed by atoms with Crippen molar-refractivity contribution in [3.63, 3.8) is 0 Å². The molecule has 2 aromatic rings. The van der Waals surface area contributed by atoms with Crippen LogP contribution in [-0.2, 0) is 0 Å². The molecule has 0 saturated carbocycles. The molecule has 0 aromatic heterocycles. The topological polar surface area (TPSA) is 145 Å². The van der Waals surface area contributed by atoms with Gasteiger partial charge in [0.25, 0.3) is 0 Å². The standard InChI is InChI=1S/C26H32F4N4O6/c27-5-11-33(39,12-6-28)15-9-31-17-1-2-18(32-10-16-34(40,13-7-29)14-8-30)22-21(17)25(37)23-19(35)3-4-20(36)24(23)26(22)38/h1-4,31-32,35-36H,5-16H2. The molecule has 0 spiro atoms. The van der Waals surface area contributed by atoms with Crippen molar-refractivity contribution in [1.82, 2.24) is 0 Å². The first-order valence-electron chi connectivity index (χ1n) is 12.7. The van der Waals surface area contributed by atoms with Gasteiger partial charge >= 0.3 is 0 Å². The average Bonchev–Trinajstić information content (AvgIpc) is 2.89. The van der Waals surface area contributed by atoms with Crippen molar-refractivity contribution in [3.05, 3.63) is 56.9 Å². The van der Waals surface area contributed by atoms with Crippen molar-refractivity contribution in [2.75, 3.05) is 89.7 Å². The lowest BCUT2D eigenvalue weighted by atomic mass is 9.81. The Kier molecular flexibility index (Phi) is 10.3. The molecule has 0 aliphatic heterocycles. The lowest BCUT2D eigenvalue weighted by Gasteiger charge is -2.41. The van der Waals surface area contributed by atoms with Crippen molar-refractivity contribution in [1.29, 1.82) is 0 Å². The van der Waals surface area contributed by atoms with Crippen LogP contribution in [0.2, 0.25) is 0 Å². The Hall–Kier alpha value is -3.46. The Bertz CT molecular complexity index is 1130. The fraction of sp³-hybridized carbons (Fsp3) is 0.462. The second-order valence-electron chi connectivity index (χ2n) is 9.49. The van der Waals surface area contributed by atoms with Crippen LogP contribution in [0.5, 0.6) is 11.5 Å². The summed E-state index contributed by atoms with van der Waals surface area (Å²) < 4.78 is 49.1. The molecule has 0 atom stereocenters. The SMILES string of the molecule is O=C1c2c(O)ccc(O)c2C(=O)c2c(NCC[N+]([O-])(CCF)CCF)ccc(NCC[N+]([O-])(CCF)CCF)c21. The highest BCUT2D eigenvalue weighted by atomic mass is 19.1. The number of fused-ring (bicyclic) bond motifs is 2. The minimum Gasteiger partial charge on any atom is -0.633 e. The molecular weight excluding hydrogens is 540 g/mol. The lowest BCUT2D eigenvalue weighted by molar-refractivity contribution is -0.878. The number of alkyl halides is 4. The number of halogens is 4. The maximum Gasteiger partial charge on any atom is 0.200 e. The van der Waals surface area contributed by atoms with Gasteiger partial charge in [0, 0.05) is 11.4 Å². The van der Waals surface area contributed by atoms with Crippen molar-refractivity contribution < 1.29 is 46.7 Å². The third-order valence-electron chi connectivity index (χ3n) is 6.91. The van der Waals surface area contributed by atoms with Gasteiger partial charge in [-0.25, -0.2) is 17.6 Å². The number of carbonyl (C=O) groups is 2. The Morgan fingerprint density at radius 1 is 0.575 bits per heavy atom. The van der Waals surface area contributed by atoms with E-state index in [9.17, 15) is 47.8 Å². The molecule has 1 aliphatic rings. The van der Waals surface area contributed by atoms with E-state index in [1.54, 1.807) is 0 Å². The fourth-order valence-corrected chi connectivity index (χ4v) is 4.73. The maximum absolute atomic E-state index is 13.6. The first kappa shape index (κ1) is 31.1. The number of rotatable bonds is 16. The number of nitrogens with zero attached hydrogens (tertiary/aromatic N) is 2. The summed E-state index contributed by atoms with van der Waals surface area (Å²) in [5.74, 6) is -2.73. The molecule has 0 heterocycles. The summed E-state index contributed by atoms with van der Waals surface area (Å²) in [6.07, 6.45) is 0. The Labute approximate surface area is 228 Å². The van der Waals surface area contributed by atoms with Crippen LogP contribution < -0.4 is 10.6 Å². The number of phenols is 2. The van der Waals surface area contributed by atoms with Crippen LogP contribution in [0.25, 0.3) is 0 Å². The quantitative estimate of drug-likeness (QED) is 0.0887. The number of hydrogen-bond acceptors (Lipinski definition) is 8. The van der Waals surface area contributed by atoms with Crippen molar-refractivity contribution in [2.24, 2.45) is 0 Å². The zero-order chi connectivity index (χ0) is 29.5. The average molecular weight is 573 g/mol. The molecular formula is C26H32F4N4O6. The highest BCUT2D eigenvalue weighted by Crippen LogP contribution is 2.42. The van der Waals surface area contributed by atoms with Crippen LogP contribution in [0.3, 0.4) is 0 Å². The number of aromatic hydroxyl groups is 2. The number of benzene rings is 2. The van der Waals surface area contributed by atoms with Crippen LogP contribution >= 0.6 is 0 Å². The van der Waals surface area contributed by atoms with Crippen molar-refractivity contribution >= 4 is 22.9 Å². The summed E-state index contributed by atoms with van der Waals surface area (Å²) in [6, 6.07) is 4.92. The van der Waals surface area contributed by atoms with Gasteiger partial charge in [-0.05, 0) is 24.3 Å². The number of anilines is 2. The molecule has 0 unspecified atom stereocenters. The molecule has 0 saturated heterocycles. The van der Waals surface area contributed by atoms with Crippen LogP contribution in [0, 0.1) is 10.4 Å². The van der Waals surface area contributed by atoms with Crippen molar-refractivity contribution in [2.45, 2.75) is 0 Å². The Morgan fingerprint density at radius 2 is 0.900 bits per heavy atom. The lowest BCUT2D eigenvalue weighted by Crippen LogP contribution is -2.48. The fourth-order valence-electron chi connectivity index (χ4n) is 4.73. The monoisotopic (exact) mass is 572 g/mol. The maximum atomic E-state index is 13.6. The molecule has 3 rings (SSSR count). The zero-order valence-corrected chi connectivity index (χ0v) is 21.7. The van der Waals surface area contributed by atoms with E-state index in [1.807, 2.05) is 0 Å². The van der Waals surface area contributed by atoms with E-state index < -0.39 is 96.4 Å². The van der Waals surface area contributed by atoms with Crippen molar-refractivity contribution in [3.8, 4) is 11.5 Å². The predicted molar refractivity (Wildman–Crippen MR) is 140 cm³/mol. The largest absolute Gasteiger partial charge is 0.633 e. The summed E-state index contributed by atoms with van der Waals surface area (Å²) in [4.78, 5) is 27.2. The predicted octanol–water partition coefficient (Wildman–Crippen LogP) is 3.20. The second kappa shape index (κ2) is 13.3. The molecule has 220 valence electrons. The van der Waals surface area contributed by atoms with E-state index in [-0.39, 0.29) is 48.7 Å². The number of nitrogens with one attached hydrogen (secondary N) is 2. The van der Waals surface area contributed by atoms with E-state index in [4.69, 9.17) is 0 Å². The van der Waals surface area contributed by atoms with E-state index in [0.29, 0.717) is 0 Å². The molecule has 40 heavy (non-hydrogen) atoms. The number of phenolic OH excluding ortho intramolecular Hbond substituents is 2. The van der Waals surface area contributed by atoms with Crippen LogP contribution in [0.1, 0.15) is 31.8 Å². The minimum absolute atomic E-state index is 0.0863. The van der Waals surface area contributed by atoms with Gasteiger partial charge in [0.2, 0.25) is 11.6 Å². The highest BCUT2D eigenvalue weighted by molar-refractivity contribution is 6.33. The van der Waals surface area contributed by atoms with Gasteiger partial charge < -0.3 is 40.6 Å². The van der Waals surface area contributed by atoms with Crippen LogP contribution in [-0.4, -0.2) is 110 Å². The summed E-state index contributed by atoms with van der Waals surface area (Å²) in [7, 11) is 0. The van der Waals surface area contributed by atoms with Gasteiger partial charge in [-0.1, -0.05) is 0 Å². The summed E-state index contributed by atoms with van der Waals surface area (Å²) >= 11 is 0. The van der Waals surface area contributed by atoms with Gasteiger partial charge in [-0.15, -0.1) is 0 Å². The highest BCUT2D eigenvalue weighted by Gasteiger charge is 2.38. The molecule has 14 heteroatoms. The molecule has 0 fully saturated rings. The van der Waals surface area contributed by atoms with Gasteiger partial charge in [-0.2, -0.15) is 0 Å². The Balaban J connectivity index is 1.98. The van der Waals surface area contributed by atoms with Crippen LogP contribution in [0.4, 0.5) is 28.9 Å². The number of quaternary nitrogens is 2. The third-order valence-corrected chi connectivity index (χ3v) is 6.91. The van der Waals surface area contributed by atoms with E-state index >= 15 is 0 Å². The molecule has 2 aromatic carbocycles. The minimum atomic E-state index is -1.15. The van der Waals surface area contributed by atoms with E-state index in [1.165, 1.54) is 12.1 Å². The molecule has 1 aliphatic carbocycles. The third kappa shape index (κ3) is 6.63. The summed E-state index contributed by atoms with van der Waals surface area (Å²) in [5.41, 5.74) is -1.07. The number of ketones is 2. The van der Waals surface area contributed by atoms with Gasteiger partial charge in [0.05, 0.1) is 48.4 Å². The molecule has 0 radical (unpaired) electrons. The number of carbonyl (C=O) groups excluding carboxylic acids is 2. The molecule has 0 amide bonds. The summed E-state index contributed by atoms with van der Waals surface area (Å²) in [5, 5.41) is 51.7. The normalized spacial score (nSPS) is 13.2. The number of hydroxylamine groups is 6. The zero-order valence-electron chi connectivity index (χ0n) is 21.7. The summed E-state index contributed by atoms with van der Waals surface area (Å²) in [6.45, 7) is -6.40. The smallest absolute Gasteiger partial charge is 0.200 e. The van der Waals surface area contributed by atoms with E-state index in [2.05, 4.69) is 10.6 Å². The molecule has 0 bridgehead atoms. The second-order valence-corrected chi connectivity index (χ2v) is 9.49. The molecule has 10 nitrogen and oxygen atoms in total. The van der Waals surface area contributed by atoms with Gasteiger partial charge in [0.1, 0.15) is 64.4 Å². The van der Waals surface area contributed by atoms with E-state index in [0.717, 1.165) is 12.1 Å². The first-order chi connectivity index (χ1) is 19.0. The van der Waals surface area contributed by atoms with Crippen LogP contribution in [0.15, 0.2) is 24.3 Å². The number of hydrogen-bond donors (Lipinski definition) is 4. The first-order valence-corrected chi connectivity index (χ1v) is 12.7. The van der Waals surface area contributed by atoms with Gasteiger partial charge in [-0.3, -0.25) is 9.59 Å². The van der Waals surface area contributed by atoms with Gasteiger partial charge in [0.15, 0.2) is 0 Å².